The topological polar surface area (TPSA) is 59.0 Å². The number of nitrogens with zero attached hydrogens (tertiary/aromatic N) is 4. The van der Waals surface area contributed by atoms with Gasteiger partial charge in [-0.2, -0.15) is 0 Å². The number of carbonyl (C=O) groups is 1. The molecule has 3 heterocycles. The van der Waals surface area contributed by atoms with Gasteiger partial charge in [-0.05, 0) is 39.7 Å². The predicted molar refractivity (Wildman–Crippen MR) is 83.5 cm³/mol. The van der Waals surface area contributed by atoms with Crippen molar-refractivity contribution in [2.45, 2.75) is 45.1 Å². The van der Waals surface area contributed by atoms with Crippen LogP contribution in [0.5, 0.6) is 0 Å². The fourth-order valence-corrected chi connectivity index (χ4v) is 3.03. The first-order valence-corrected chi connectivity index (χ1v) is 7.61. The largest absolute Gasteiger partial charge is 0.308 e. The summed E-state index contributed by atoms with van der Waals surface area (Å²) in [6.45, 7) is 5.82. The Morgan fingerprint density at radius 1 is 1.14 bits per heavy atom. The van der Waals surface area contributed by atoms with E-state index in [0.717, 1.165) is 41.2 Å². The molecule has 1 aliphatic heterocycles. The number of pyridine rings is 1. The van der Waals surface area contributed by atoms with Crippen LogP contribution in [0.4, 0.5) is 5.69 Å². The Balaban J connectivity index is 1.84. The Hall–Kier alpha value is -2.30. The summed E-state index contributed by atoms with van der Waals surface area (Å²) in [6, 6.07) is 2.37. The smallest absolute Gasteiger partial charge is 0.237 e. The van der Waals surface area contributed by atoms with Crippen molar-refractivity contribution in [1.29, 1.82) is 0 Å². The molecule has 2 aromatic heterocycles. The second-order valence-electron chi connectivity index (χ2n) is 6.64. The van der Waals surface area contributed by atoms with Crippen molar-refractivity contribution in [2.24, 2.45) is 0 Å². The maximum atomic E-state index is 12.7. The van der Waals surface area contributed by atoms with Crippen molar-refractivity contribution in [1.82, 2.24) is 15.0 Å². The highest BCUT2D eigenvalue weighted by molar-refractivity contribution is 6.08. The summed E-state index contributed by atoms with van der Waals surface area (Å²) in [7, 11) is 0. The van der Waals surface area contributed by atoms with Gasteiger partial charge in [0, 0.05) is 35.8 Å². The molecule has 0 N–H and O–H groups in total. The minimum Gasteiger partial charge on any atom is -0.308 e. The van der Waals surface area contributed by atoms with Crippen molar-refractivity contribution in [3.8, 4) is 11.3 Å². The van der Waals surface area contributed by atoms with Crippen LogP contribution >= 0.6 is 0 Å². The summed E-state index contributed by atoms with van der Waals surface area (Å²) in [5.74, 6) is 0.921. The van der Waals surface area contributed by atoms with Crippen LogP contribution in [0.2, 0.25) is 0 Å². The maximum absolute atomic E-state index is 12.7. The fourth-order valence-electron chi connectivity index (χ4n) is 3.03. The summed E-state index contributed by atoms with van der Waals surface area (Å²) in [6.07, 6.45) is 7.57. The van der Waals surface area contributed by atoms with Gasteiger partial charge in [-0.3, -0.25) is 9.78 Å². The van der Waals surface area contributed by atoms with E-state index in [-0.39, 0.29) is 5.91 Å². The molecule has 5 nitrogen and oxygen atoms in total. The zero-order valence-electron chi connectivity index (χ0n) is 13.0. The molecular weight excluding hydrogens is 276 g/mol. The second kappa shape index (κ2) is 4.35. The van der Waals surface area contributed by atoms with Crippen molar-refractivity contribution in [2.75, 3.05) is 4.90 Å². The maximum Gasteiger partial charge on any atom is 0.237 e. The summed E-state index contributed by atoms with van der Waals surface area (Å²) < 4.78 is 0. The van der Waals surface area contributed by atoms with E-state index >= 15 is 0 Å². The van der Waals surface area contributed by atoms with Crippen molar-refractivity contribution >= 4 is 11.6 Å². The molecule has 22 heavy (non-hydrogen) atoms. The van der Waals surface area contributed by atoms with Crippen LogP contribution in [0.15, 0.2) is 24.7 Å². The fraction of sp³-hybridized carbons (Fsp3) is 0.412. The number of carbonyl (C=O) groups excluding carboxylic acids is 1. The molecule has 0 atom stereocenters. The Kier molecular flexibility index (Phi) is 2.64. The zero-order chi connectivity index (χ0) is 15.5. The summed E-state index contributed by atoms with van der Waals surface area (Å²) in [5, 5.41) is 0. The van der Waals surface area contributed by atoms with E-state index in [1.807, 2.05) is 37.9 Å². The van der Waals surface area contributed by atoms with Crippen LogP contribution in [0.3, 0.4) is 0 Å². The molecule has 0 unspecified atom stereocenters. The first-order chi connectivity index (χ1) is 10.5. The molecule has 2 aromatic rings. The van der Waals surface area contributed by atoms with E-state index < -0.39 is 5.41 Å². The van der Waals surface area contributed by atoms with Crippen LogP contribution in [-0.4, -0.2) is 26.9 Å². The third kappa shape index (κ3) is 1.85. The number of hydrogen-bond donors (Lipinski definition) is 0. The van der Waals surface area contributed by atoms with Gasteiger partial charge in [0.25, 0.3) is 0 Å². The number of rotatable bonds is 2. The molecular formula is C17H18N4O. The highest BCUT2D eigenvalue weighted by Gasteiger charge is 2.49. The average molecular weight is 294 g/mol. The van der Waals surface area contributed by atoms with E-state index in [1.54, 1.807) is 12.4 Å². The Bertz CT molecular complexity index is 763. The van der Waals surface area contributed by atoms with Gasteiger partial charge in [-0.1, -0.05) is 0 Å². The number of aryl methyl sites for hydroxylation is 1. The molecule has 1 saturated carbocycles. The predicted octanol–water partition coefficient (Wildman–Crippen LogP) is 2.63. The minimum absolute atomic E-state index is 0.184. The summed E-state index contributed by atoms with van der Waals surface area (Å²) in [4.78, 5) is 27.7. The van der Waals surface area contributed by atoms with E-state index in [1.165, 1.54) is 0 Å². The van der Waals surface area contributed by atoms with Crippen molar-refractivity contribution in [3.63, 3.8) is 0 Å². The first kappa shape index (κ1) is 13.4. The summed E-state index contributed by atoms with van der Waals surface area (Å²) in [5.41, 5.74) is 3.22. The molecule has 1 aliphatic carbocycles. The molecule has 1 amide bonds. The van der Waals surface area contributed by atoms with Gasteiger partial charge < -0.3 is 4.90 Å². The van der Waals surface area contributed by atoms with Gasteiger partial charge in [0.15, 0.2) is 0 Å². The molecule has 0 spiro atoms. The lowest BCUT2D eigenvalue weighted by Crippen LogP contribution is -2.37. The number of aromatic nitrogens is 3. The first-order valence-electron chi connectivity index (χ1n) is 7.61. The van der Waals surface area contributed by atoms with Crippen LogP contribution in [0, 0.1) is 6.92 Å². The standard InChI is InChI=1S/C17H18N4O/c1-10-18-7-11(8-19-10)14-6-15-13(9-20-14)17(2,3)16(22)21(15)12-4-5-12/h6-9,12H,4-5H2,1-3H3. The monoisotopic (exact) mass is 294 g/mol. The molecule has 0 aromatic carbocycles. The van der Waals surface area contributed by atoms with Crippen LogP contribution in [0.1, 0.15) is 38.1 Å². The quantitative estimate of drug-likeness (QED) is 0.854. The van der Waals surface area contributed by atoms with Crippen molar-refractivity contribution in [3.05, 3.63) is 36.0 Å². The van der Waals surface area contributed by atoms with Gasteiger partial charge >= 0.3 is 0 Å². The van der Waals surface area contributed by atoms with Crippen LogP contribution in [0.25, 0.3) is 11.3 Å². The molecule has 1 fully saturated rings. The Labute approximate surface area is 129 Å². The number of fused-ring (bicyclic) bond motifs is 1. The third-order valence-corrected chi connectivity index (χ3v) is 4.56. The van der Waals surface area contributed by atoms with Crippen molar-refractivity contribution < 1.29 is 4.79 Å². The molecule has 5 heteroatoms. The average Bonchev–Trinajstić information content (AvgIpc) is 3.30. The Morgan fingerprint density at radius 2 is 1.82 bits per heavy atom. The highest BCUT2D eigenvalue weighted by Crippen LogP contribution is 2.47. The lowest BCUT2D eigenvalue weighted by atomic mass is 9.87. The van der Waals surface area contributed by atoms with Gasteiger partial charge in [0.2, 0.25) is 5.91 Å². The van der Waals surface area contributed by atoms with Gasteiger partial charge in [0.05, 0.1) is 16.8 Å². The van der Waals surface area contributed by atoms with E-state index in [2.05, 4.69) is 15.0 Å². The molecule has 0 saturated heterocycles. The lowest BCUT2D eigenvalue weighted by Gasteiger charge is -2.19. The number of amides is 1. The zero-order valence-corrected chi connectivity index (χ0v) is 13.0. The highest BCUT2D eigenvalue weighted by atomic mass is 16.2. The van der Waals surface area contributed by atoms with Crippen LogP contribution < -0.4 is 4.90 Å². The van der Waals surface area contributed by atoms with Gasteiger partial charge in [-0.15, -0.1) is 0 Å². The van der Waals surface area contributed by atoms with E-state index in [0.29, 0.717) is 6.04 Å². The number of anilines is 1. The normalized spacial score (nSPS) is 19.4. The van der Waals surface area contributed by atoms with Gasteiger partial charge in [0.1, 0.15) is 5.82 Å². The van der Waals surface area contributed by atoms with Crippen LogP contribution in [-0.2, 0) is 10.2 Å². The second-order valence-corrected chi connectivity index (χ2v) is 6.64. The lowest BCUT2D eigenvalue weighted by molar-refractivity contribution is -0.122. The van der Waals surface area contributed by atoms with Gasteiger partial charge in [-0.25, -0.2) is 9.97 Å². The molecule has 112 valence electrons. The molecule has 4 rings (SSSR count). The minimum atomic E-state index is -0.493. The van der Waals surface area contributed by atoms with E-state index in [9.17, 15) is 4.79 Å². The molecule has 0 bridgehead atoms. The molecule has 0 radical (unpaired) electrons. The third-order valence-electron chi connectivity index (χ3n) is 4.56. The molecule has 2 aliphatic rings. The van der Waals surface area contributed by atoms with E-state index in [4.69, 9.17) is 0 Å². The number of hydrogen-bond acceptors (Lipinski definition) is 4. The SMILES string of the molecule is Cc1ncc(-c2cc3c(cn2)C(C)(C)C(=O)N3C2CC2)cn1. The summed E-state index contributed by atoms with van der Waals surface area (Å²) >= 11 is 0. The Morgan fingerprint density at radius 3 is 2.45 bits per heavy atom.